The molecule has 0 atom stereocenters. The number of carbonyl (C=O) groups is 2. The molecule has 0 heterocycles. The van der Waals surface area contributed by atoms with Gasteiger partial charge in [0.25, 0.3) is 17.5 Å². The topological polar surface area (TPSA) is 111 Å². The summed E-state index contributed by atoms with van der Waals surface area (Å²) in [6.07, 6.45) is 1.36. The molecular weight excluding hydrogens is 558 g/mol. The number of para-hydroxylation sites is 1. The second kappa shape index (κ2) is 10.9. The van der Waals surface area contributed by atoms with Gasteiger partial charge in [-0.05, 0) is 57.9 Å². The van der Waals surface area contributed by atoms with Crippen LogP contribution in [0.1, 0.15) is 15.9 Å². The summed E-state index contributed by atoms with van der Waals surface area (Å²) in [5.41, 5.74) is 0.794. The molecule has 0 aromatic heterocycles. The predicted octanol–water partition coefficient (Wildman–Crippen LogP) is 5.54. The van der Waals surface area contributed by atoms with Crippen molar-refractivity contribution in [3.63, 3.8) is 0 Å². The number of rotatable bonds is 7. The van der Waals surface area contributed by atoms with Gasteiger partial charge in [0.1, 0.15) is 11.4 Å². The molecule has 0 aliphatic heterocycles. The van der Waals surface area contributed by atoms with E-state index in [1.54, 1.807) is 48.5 Å². The Morgan fingerprint density at radius 2 is 1.79 bits per heavy atom. The highest BCUT2D eigenvalue weighted by molar-refractivity contribution is 9.10. The third-order valence-electron chi connectivity index (χ3n) is 4.41. The molecule has 33 heavy (non-hydrogen) atoms. The van der Waals surface area contributed by atoms with Crippen LogP contribution in [0.25, 0.3) is 6.08 Å². The fourth-order valence-electron chi connectivity index (χ4n) is 2.85. The SMILES string of the molecule is COc1ccc(Br)cc1C(=O)NC(=Cc1cccc([N+](=O)[O-])c1)C(=O)Nc1ccccc1Br. The molecule has 0 saturated heterocycles. The molecule has 168 valence electrons. The maximum Gasteiger partial charge on any atom is 0.272 e. The number of nitro groups is 1. The first-order chi connectivity index (χ1) is 15.8. The van der Waals surface area contributed by atoms with Crippen molar-refractivity contribution in [3.8, 4) is 5.75 Å². The van der Waals surface area contributed by atoms with Crippen molar-refractivity contribution in [1.29, 1.82) is 0 Å². The molecule has 2 amide bonds. The fraction of sp³-hybridized carbons (Fsp3) is 0.0435. The Hall–Kier alpha value is -3.50. The van der Waals surface area contributed by atoms with E-state index in [4.69, 9.17) is 4.74 Å². The molecular formula is C23H17Br2N3O5. The maximum absolute atomic E-state index is 13.1. The van der Waals surface area contributed by atoms with Crippen LogP contribution in [-0.4, -0.2) is 23.8 Å². The van der Waals surface area contributed by atoms with Crippen molar-refractivity contribution in [2.24, 2.45) is 0 Å². The summed E-state index contributed by atoms with van der Waals surface area (Å²) in [5, 5.41) is 16.4. The van der Waals surface area contributed by atoms with Gasteiger partial charge in [-0.25, -0.2) is 0 Å². The highest BCUT2D eigenvalue weighted by atomic mass is 79.9. The second-order valence-electron chi connectivity index (χ2n) is 6.64. The van der Waals surface area contributed by atoms with Gasteiger partial charge in [0.05, 0.1) is 23.3 Å². The van der Waals surface area contributed by atoms with Crippen LogP contribution in [0.5, 0.6) is 5.75 Å². The van der Waals surface area contributed by atoms with Gasteiger partial charge in [0.15, 0.2) is 0 Å². The Kier molecular flexibility index (Phi) is 7.96. The van der Waals surface area contributed by atoms with Crippen molar-refractivity contribution in [2.75, 3.05) is 12.4 Å². The van der Waals surface area contributed by atoms with E-state index in [0.29, 0.717) is 25.9 Å². The van der Waals surface area contributed by atoms with E-state index in [1.807, 2.05) is 0 Å². The van der Waals surface area contributed by atoms with E-state index in [-0.39, 0.29) is 16.9 Å². The molecule has 0 fully saturated rings. The van der Waals surface area contributed by atoms with Crippen molar-refractivity contribution in [3.05, 3.63) is 103 Å². The number of nitro benzene ring substituents is 1. The van der Waals surface area contributed by atoms with E-state index in [0.717, 1.165) is 0 Å². The number of hydrogen-bond acceptors (Lipinski definition) is 5. The smallest absolute Gasteiger partial charge is 0.272 e. The Morgan fingerprint density at radius 1 is 1.03 bits per heavy atom. The summed E-state index contributed by atoms with van der Waals surface area (Å²) in [6.45, 7) is 0. The Morgan fingerprint density at radius 3 is 2.48 bits per heavy atom. The summed E-state index contributed by atoms with van der Waals surface area (Å²) in [5.74, 6) is -0.889. The lowest BCUT2D eigenvalue weighted by atomic mass is 10.1. The Bertz CT molecular complexity index is 1260. The molecule has 10 heteroatoms. The number of methoxy groups -OCH3 is 1. The van der Waals surface area contributed by atoms with Crippen molar-refractivity contribution in [2.45, 2.75) is 0 Å². The number of nitrogens with zero attached hydrogens (tertiary/aromatic N) is 1. The highest BCUT2D eigenvalue weighted by Gasteiger charge is 2.19. The zero-order chi connectivity index (χ0) is 24.0. The third-order valence-corrected chi connectivity index (χ3v) is 5.60. The van der Waals surface area contributed by atoms with Gasteiger partial charge in [-0.2, -0.15) is 0 Å². The van der Waals surface area contributed by atoms with Crippen molar-refractivity contribution < 1.29 is 19.2 Å². The largest absolute Gasteiger partial charge is 0.496 e. The zero-order valence-corrected chi connectivity index (χ0v) is 20.3. The van der Waals surface area contributed by atoms with Gasteiger partial charge in [0.2, 0.25) is 0 Å². The third kappa shape index (κ3) is 6.27. The number of amides is 2. The van der Waals surface area contributed by atoms with Crippen LogP contribution in [0.15, 0.2) is 81.4 Å². The van der Waals surface area contributed by atoms with Gasteiger partial charge in [0, 0.05) is 21.1 Å². The summed E-state index contributed by atoms with van der Waals surface area (Å²) in [4.78, 5) is 36.7. The number of hydrogen-bond donors (Lipinski definition) is 2. The van der Waals surface area contributed by atoms with Gasteiger partial charge in [-0.1, -0.05) is 40.2 Å². The molecule has 0 bridgehead atoms. The average Bonchev–Trinajstić information content (AvgIpc) is 2.80. The quantitative estimate of drug-likeness (QED) is 0.219. The number of anilines is 1. The summed E-state index contributed by atoms with van der Waals surface area (Å²) >= 11 is 6.68. The van der Waals surface area contributed by atoms with Gasteiger partial charge < -0.3 is 15.4 Å². The molecule has 8 nitrogen and oxygen atoms in total. The highest BCUT2D eigenvalue weighted by Crippen LogP contribution is 2.25. The molecule has 0 unspecified atom stereocenters. The lowest BCUT2D eigenvalue weighted by Crippen LogP contribution is -2.31. The standard InChI is InChI=1S/C23H17Br2N3O5/c1-33-21-10-9-15(24)13-17(21)22(29)27-20(12-14-5-4-6-16(11-14)28(31)32)23(30)26-19-8-3-2-7-18(19)25/h2-13H,1H3,(H,26,30)(H,27,29). The Balaban J connectivity index is 2.00. The maximum atomic E-state index is 13.1. The number of non-ortho nitro benzene ring substituents is 1. The lowest BCUT2D eigenvalue weighted by Gasteiger charge is -2.14. The van der Waals surface area contributed by atoms with Crippen molar-refractivity contribution in [1.82, 2.24) is 5.32 Å². The van der Waals surface area contributed by atoms with Crippen LogP contribution < -0.4 is 15.4 Å². The molecule has 0 spiro atoms. The van der Waals surface area contributed by atoms with E-state index in [1.165, 1.54) is 31.4 Å². The van der Waals surface area contributed by atoms with Crippen LogP contribution in [0.2, 0.25) is 0 Å². The normalized spacial score (nSPS) is 10.9. The van der Waals surface area contributed by atoms with Gasteiger partial charge in [-0.15, -0.1) is 0 Å². The monoisotopic (exact) mass is 573 g/mol. The van der Waals surface area contributed by atoms with Crippen LogP contribution in [0.3, 0.4) is 0 Å². The Labute approximate surface area is 206 Å². The van der Waals surface area contributed by atoms with Crippen LogP contribution in [-0.2, 0) is 4.79 Å². The molecule has 0 radical (unpaired) electrons. The second-order valence-corrected chi connectivity index (χ2v) is 8.41. The number of halogens is 2. The van der Waals surface area contributed by atoms with Crippen LogP contribution >= 0.6 is 31.9 Å². The molecule has 3 aromatic carbocycles. The van der Waals surface area contributed by atoms with Crippen LogP contribution in [0, 0.1) is 10.1 Å². The van der Waals surface area contributed by atoms with Crippen molar-refractivity contribution >= 4 is 61.1 Å². The first-order valence-electron chi connectivity index (χ1n) is 9.45. The number of ether oxygens (including phenoxy) is 1. The average molecular weight is 575 g/mol. The first kappa shape index (κ1) is 24.1. The molecule has 0 saturated carbocycles. The fourth-order valence-corrected chi connectivity index (χ4v) is 3.60. The molecule has 0 aliphatic rings. The van der Waals surface area contributed by atoms with Crippen LogP contribution in [0.4, 0.5) is 11.4 Å². The summed E-state index contributed by atoms with van der Waals surface area (Å²) < 4.78 is 6.55. The molecule has 3 aromatic rings. The zero-order valence-electron chi connectivity index (χ0n) is 17.2. The van der Waals surface area contributed by atoms with E-state index in [2.05, 4.69) is 42.5 Å². The predicted molar refractivity (Wildman–Crippen MR) is 132 cm³/mol. The molecule has 0 aliphatic carbocycles. The molecule has 2 N–H and O–H groups in total. The van der Waals surface area contributed by atoms with E-state index >= 15 is 0 Å². The van der Waals surface area contributed by atoms with Gasteiger partial charge in [-0.3, -0.25) is 19.7 Å². The van der Waals surface area contributed by atoms with Gasteiger partial charge >= 0.3 is 0 Å². The number of nitrogens with one attached hydrogen (secondary N) is 2. The minimum absolute atomic E-state index is 0.113. The minimum atomic E-state index is -0.615. The summed E-state index contributed by atoms with van der Waals surface area (Å²) in [6, 6.07) is 17.6. The minimum Gasteiger partial charge on any atom is -0.496 e. The number of carbonyl (C=O) groups excluding carboxylic acids is 2. The first-order valence-corrected chi connectivity index (χ1v) is 11.0. The lowest BCUT2D eigenvalue weighted by molar-refractivity contribution is -0.384. The molecule has 3 rings (SSSR count). The van der Waals surface area contributed by atoms with E-state index < -0.39 is 16.7 Å². The van der Waals surface area contributed by atoms with E-state index in [9.17, 15) is 19.7 Å². The number of benzene rings is 3. The summed E-state index contributed by atoms with van der Waals surface area (Å²) in [7, 11) is 1.43.